The van der Waals surface area contributed by atoms with Crippen molar-refractivity contribution in [3.05, 3.63) is 53.1 Å². The number of ether oxygens (including phenoxy) is 3. The predicted octanol–water partition coefficient (Wildman–Crippen LogP) is 2.47. The second-order valence-electron chi connectivity index (χ2n) is 6.95. The normalized spacial score (nSPS) is 10.2. The van der Waals surface area contributed by atoms with Gasteiger partial charge in [0.25, 0.3) is 11.8 Å². The highest BCUT2D eigenvalue weighted by atomic mass is 16.5. The van der Waals surface area contributed by atoms with E-state index in [1.807, 2.05) is 38.1 Å². The zero-order valence-corrected chi connectivity index (χ0v) is 17.6. The lowest BCUT2D eigenvalue weighted by molar-refractivity contribution is -0.130. The minimum Gasteiger partial charge on any atom is -0.493 e. The Hall–Kier alpha value is -3.22. The topological polar surface area (TPSA) is 77.1 Å². The minimum atomic E-state index is -0.222. The van der Waals surface area contributed by atoms with Crippen LogP contribution in [0.5, 0.6) is 17.2 Å². The molecule has 0 saturated carbocycles. The molecule has 7 heteroatoms. The molecule has 0 atom stereocenters. The Bertz CT molecular complexity index is 844. The number of likely N-dealkylation sites (N-methyl/N-ethyl adjacent to an activating group) is 1. The van der Waals surface area contributed by atoms with Crippen LogP contribution in [-0.4, -0.2) is 51.1 Å². The van der Waals surface area contributed by atoms with Gasteiger partial charge in [0.15, 0.2) is 24.7 Å². The molecule has 2 aromatic rings. The van der Waals surface area contributed by atoms with Crippen molar-refractivity contribution < 1.29 is 23.8 Å². The van der Waals surface area contributed by atoms with Gasteiger partial charge in [0.1, 0.15) is 5.75 Å². The standard InChI is InChI=1S/C22H28N2O5/c1-15-8-16(2)10-18(9-15)28-13-21(25)23-12-17-6-7-19(20(11-17)27-5)29-14-22(26)24(3)4/h6-11H,12-14H2,1-5H3,(H,23,25). The van der Waals surface area contributed by atoms with Crippen LogP contribution in [0.25, 0.3) is 0 Å². The van der Waals surface area contributed by atoms with Crippen molar-refractivity contribution in [3.8, 4) is 17.2 Å². The lowest BCUT2D eigenvalue weighted by Gasteiger charge is -2.14. The quantitative estimate of drug-likeness (QED) is 0.700. The van der Waals surface area contributed by atoms with Crippen molar-refractivity contribution in [1.82, 2.24) is 10.2 Å². The van der Waals surface area contributed by atoms with Crippen molar-refractivity contribution in [2.24, 2.45) is 0 Å². The van der Waals surface area contributed by atoms with Crippen LogP contribution in [0.2, 0.25) is 0 Å². The molecule has 0 unspecified atom stereocenters. The summed E-state index contributed by atoms with van der Waals surface area (Å²) in [6.45, 7) is 4.15. The van der Waals surface area contributed by atoms with E-state index in [4.69, 9.17) is 14.2 Å². The zero-order chi connectivity index (χ0) is 21.4. The van der Waals surface area contributed by atoms with E-state index in [0.29, 0.717) is 23.8 Å². The summed E-state index contributed by atoms with van der Waals surface area (Å²) in [7, 11) is 4.85. The summed E-state index contributed by atoms with van der Waals surface area (Å²) in [5, 5.41) is 2.81. The van der Waals surface area contributed by atoms with Gasteiger partial charge in [0.2, 0.25) is 0 Å². The predicted molar refractivity (Wildman–Crippen MR) is 110 cm³/mol. The summed E-state index contributed by atoms with van der Waals surface area (Å²) in [6, 6.07) is 11.1. The monoisotopic (exact) mass is 400 g/mol. The van der Waals surface area contributed by atoms with E-state index in [1.165, 1.54) is 12.0 Å². The van der Waals surface area contributed by atoms with E-state index < -0.39 is 0 Å². The molecule has 0 radical (unpaired) electrons. The van der Waals surface area contributed by atoms with Crippen LogP contribution in [0.15, 0.2) is 36.4 Å². The Kier molecular flexibility index (Phi) is 7.88. The summed E-state index contributed by atoms with van der Waals surface area (Å²) < 4.78 is 16.4. The molecule has 0 saturated heterocycles. The van der Waals surface area contributed by atoms with Crippen molar-refractivity contribution in [3.63, 3.8) is 0 Å². The molecule has 2 amide bonds. The molecule has 2 rings (SSSR count). The second kappa shape index (κ2) is 10.4. The van der Waals surface area contributed by atoms with Crippen LogP contribution in [-0.2, 0) is 16.1 Å². The Labute approximate surface area is 171 Å². The fourth-order valence-electron chi connectivity index (χ4n) is 2.63. The largest absolute Gasteiger partial charge is 0.493 e. The van der Waals surface area contributed by atoms with Gasteiger partial charge in [-0.05, 0) is 54.8 Å². The molecule has 2 aromatic carbocycles. The molecule has 1 N–H and O–H groups in total. The molecule has 0 aromatic heterocycles. The molecule has 0 bridgehead atoms. The Morgan fingerprint density at radius 3 is 2.24 bits per heavy atom. The van der Waals surface area contributed by atoms with Gasteiger partial charge >= 0.3 is 0 Å². The third-order valence-electron chi connectivity index (χ3n) is 4.13. The number of hydrogen-bond acceptors (Lipinski definition) is 5. The van der Waals surface area contributed by atoms with Gasteiger partial charge in [0.05, 0.1) is 7.11 Å². The number of rotatable bonds is 9. The Balaban J connectivity index is 1.87. The van der Waals surface area contributed by atoms with E-state index in [-0.39, 0.29) is 25.0 Å². The first kappa shape index (κ1) is 22.1. The SMILES string of the molecule is COc1cc(CNC(=O)COc2cc(C)cc(C)c2)ccc1OCC(=O)N(C)C. The Morgan fingerprint density at radius 2 is 1.62 bits per heavy atom. The molecular weight excluding hydrogens is 372 g/mol. The fourth-order valence-corrected chi connectivity index (χ4v) is 2.63. The van der Waals surface area contributed by atoms with Gasteiger partial charge in [-0.1, -0.05) is 12.1 Å². The molecule has 7 nitrogen and oxygen atoms in total. The maximum Gasteiger partial charge on any atom is 0.259 e. The molecule has 0 spiro atoms. The number of hydrogen-bond donors (Lipinski definition) is 1. The number of carbonyl (C=O) groups excluding carboxylic acids is 2. The van der Waals surface area contributed by atoms with Gasteiger partial charge in [-0.3, -0.25) is 9.59 Å². The number of carbonyl (C=O) groups is 2. The van der Waals surface area contributed by atoms with Crippen molar-refractivity contribution in [1.29, 1.82) is 0 Å². The van der Waals surface area contributed by atoms with E-state index in [2.05, 4.69) is 5.32 Å². The highest BCUT2D eigenvalue weighted by Crippen LogP contribution is 2.28. The molecule has 156 valence electrons. The van der Waals surface area contributed by atoms with E-state index in [9.17, 15) is 9.59 Å². The summed E-state index contributed by atoms with van der Waals surface area (Å²) in [5.41, 5.74) is 3.01. The smallest absolute Gasteiger partial charge is 0.259 e. The summed E-state index contributed by atoms with van der Waals surface area (Å²) in [4.78, 5) is 25.2. The van der Waals surface area contributed by atoms with Crippen molar-refractivity contribution in [2.75, 3.05) is 34.4 Å². The number of nitrogens with zero attached hydrogens (tertiary/aromatic N) is 1. The summed E-state index contributed by atoms with van der Waals surface area (Å²) in [5.74, 6) is 1.27. The fraction of sp³-hybridized carbons (Fsp3) is 0.364. The van der Waals surface area contributed by atoms with Gasteiger partial charge < -0.3 is 24.4 Å². The van der Waals surface area contributed by atoms with Crippen LogP contribution in [0.1, 0.15) is 16.7 Å². The maximum absolute atomic E-state index is 12.1. The van der Waals surface area contributed by atoms with E-state index in [1.54, 1.807) is 26.2 Å². The van der Waals surface area contributed by atoms with Gasteiger partial charge in [-0.15, -0.1) is 0 Å². The molecule has 0 aliphatic heterocycles. The average Bonchev–Trinajstić information content (AvgIpc) is 2.68. The highest BCUT2D eigenvalue weighted by molar-refractivity contribution is 5.78. The number of benzene rings is 2. The van der Waals surface area contributed by atoms with E-state index >= 15 is 0 Å². The first-order valence-corrected chi connectivity index (χ1v) is 9.26. The number of methoxy groups -OCH3 is 1. The first-order chi connectivity index (χ1) is 13.8. The molecule has 0 heterocycles. The van der Waals surface area contributed by atoms with Crippen LogP contribution in [0.4, 0.5) is 0 Å². The minimum absolute atomic E-state index is 0.0616. The summed E-state index contributed by atoms with van der Waals surface area (Å²) in [6.07, 6.45) is 0. The molecule has 0 aliphatic rings. The molecule has 29 heavy (non-hydrogen) atoms. The van der Waals surface area contributed by atoms with Crippen molar-refractivity contribution in [2.45, 2.75) is 20.4 Å². The van der Waals surface area contributed by atoms with Gasteiger partial charge in [0, 0.05) is 20.6 Å². The van der Waals surface area contributed by atoms with Crippen LogP contribution in [0.3, 0.4) is 0 Å². The lowest BCUT2D eigenvalue weighted by Crippen LogP contribution is -2.28. The van der Waals surface area contributed by atoms with E-state index in [0.717, 1.165) is 16.7 Å². The molecule has 0 aliphatic carbocycles. The molecular formula is C22H28N2O5. The van der Waals surface area contributed by atoms with Crippen LogP contribution >= 0.6 is 0 Å². The van der Waals surface area contributed by atoms with Crippen LogP contribution < -0.4 is 19.5 Å². The summed E-state index contributed by atoms with van der Waals surface area (Å²) >= 11 is 0. The third-order valence-corrected chi connectivity index (χ3v) is 4.13. The van der Waals surface area contributed by atoms with Gasteiger partial charge in [-0.25, -0.2) is 0 Å². The maximum atomic E-state index is 12.1. The van der Waals surface area contributed by atoms with Gasteiger partial charge in [-0.2, -0.15) is 0 Å². The molecule has 0 fully saturated rings. The highest BCUT2D eigenvalue weighted by Gasteiger charge is 2.11. The third kappa shape index (κ3) is 7.03. The van der Waals surface area contributed by atoms with Crippen LogP contribution in [0, 0.1) is 13.8 Å². The number of aryl methyl sites for hydroxylation is 2. The first-order valence-electron chi connectivity index (χ1n) is 9.26. The zero-order valence-electron chi connectivity index (χ0n) is 17.6. The Morgan fingerprint density at radius 1 is 0.931 bits per heavy atom. The van der Waals surface area contributed by atoms with Crippen molar-refractivity contribution >= 4 is 11.8 Å². The number of amides is 2. The average molecular weight is 400 g/mol. The second-order valence-corrected chi connectivity index (χ2v) is 6.95. The lowest BCUT2D eigenvalue weighted by atomic mass is 10.1. The number of nitrogens with one attached hydrogen (secondary N) is 1.